The topological polar surface area (TPSA) is 515 Å². The summed E-state index contributed by atoms with van der Waals surface area (Å²) in [4.78, 5) is 200. The van der Waals surface area contributed by atoms with Crippen molar-refractivity contribution in [3.05, 3.63) is 168 Å². The van der Waals surface area contributed by atoms with Crippen LogP contribution in [0.4, 0.5) is 0 Å². The van der Waals surface area contributed by atoms with Gasteiger partial charge < -0.3 is 138 Å². The molecule has 0 bridgehead atoms. The molecule has 3 N–H and O–H groups in total. The Labute approximate surface area is 813 Å². The van der Waals surface area contributed by atoms with Crippen LogP contribution in [-0.4, -0.2) is 298 Å². The van der Waals surface area contributed by atoms with Crippen molar-refractivity contribution in [3.8, 4) is 11.5 Å². The highest BCUT2D eigenvalue weighted by Crippen LogP contribution is 2.56. The Balaban J connectivity index is 1.15. The minimum Gasteiger partial charge on any atom is -0.497 e. The zero-order valence-electron chi connectivity index (χ0n) is 80.9. The van der Waals surface area contributed by atoms with Crippen molar-refractivity contribution < 1.29 is 190 Å². The molecule has 0 aromatic heterocycles. The third-order valence-electron chi connectivity index (χ3n) is 23.7. The van der Waals surface area contributed by atoms with Crippen LogP contribution in [0.1, 0.15) is 160 Å². The third-order valence-corrected chi connectivity index (χ3v) is 28.8. The van der Waals surface area contributed by atoms with Crippen LogP contribution in [0, 0.1) is 0 Å². The Kier molecular flexibility index (Phi) is 36.1. The van der Waals surface area contributed by atoms with Crippen molar-refractivity contribution in [1.82, 2.24) is 16.0 Å². The Morgan fingerprint density at radius 3 is 1.42 bits per heavy atom. The summed E-state index contributed by atoms with van der Waals surface area (Å²) in [6.07, 6.45) is -46.6. The average Bonchev–Trinajstić information content (AvgIpc) is 0.721. The molecule has 44 heteroatoms. The van der Waals surface area contributed by atoms with Crippen LogP contribution in [0.5, 0.6) is 11.5 Å². The van der Waals surface area contributed by atoms with Crippen molar-refractivity contribution in [1.29, 1.82) is 0 Å². The van der Waals surface area contributed by atoms with Gasteiger partial charge in [-0.05, 0) is 60.7 Å². The predicted octanol–water partition coefficient (Wildman–Crippen LogP) is 6.35. The van der Waals surface area contributed by atoms with Crippen LogP contribution < -0.4 is 25.4 Å². The maximum atomic E-state index is 16.3. The molecule has 27 atom stereocenters. The third kappa shape index (κ3) is 26.7. The quantitative estimate of drug-likeness (QED) is 0.0229. The predicted molar refractivity (Wildman–Crippen MR) is 480 cm³/mol. The van der Waals surface area contributed by atoms with Crippen LogP contribution in [0.25, 0.3) is 0 Å². The van der Waals surface area contributed by atoms with Crippen molar-refractivity contribution in [2.24, 2.45) is 0 Å². The van der Waals surface area contributed by atoms with Crippen molar-refractivity contribution in [2.45, 2.75) is 293 Å². The van der Waals surface area contributed by atoms with E-state index in [0.29, 0.717) is 11.3 Å². The van der Waals surface area contributed by atoms with Crippen molar-refractivity contribution >= 4 is 91.9 Å². The highest BCUT2D eigenvalue weighted by atomic mass is 28.4. The van der Waals surface area contributed by atoms with E-state index < -0.39 is 300 Å². The van der Waals surface area contributed by atoms with E-state index in [4.69, 9.17) is 123 Å². The fourth-order valence-electron chi connectivity index (χ4n) is 18.2. The van der Waals surface area contributed by atoms with Gasteiger partial charge in [-0.25, -0.2) is 19.2 Å². The molecule has 7 aliphatic heterocycles. The molecule has 7 fully saturated rings. The first-order valence-corrected chi connectivity index (χ1v) is 47.3. The first-order valence-electron chi connectivity index (χ1n) is 45.5. The average molecular weight is 2000 g/mol. The van der Waals surface area contributed by atoms with E-state index in [1.54, 1.807) is 84.9 Å². The minimum absolute atomic E-state index is 0.0499. The fraction of sp³-hybridized carbons (Fsp3) is 0.546. The minimum atomic E-state index is -3.79. The van der Waals surface area contributed by atoms with Crippen LogP contribution in [0.15, 0.2) is 146 Å². The second-order valence-corrected chi connectivity index (χ2v) is 41.1. The first-order chi connectivity index (χ1) is 66.9. The molecular weight excluding hydrogens is 1880 g/mol. The Morgan fingerprint density at radius 2 is 0.894 bits per heavy atom. The van der Waals surface area contributed by atoms with Crippen LogP contribution in [0.2, 0.25) is 10.1 Å². The molecule has 141 heavy (non-hydrogen) atoms. The van der Waals surface area contributed by atoms with Crippen LogP contribution in [-0.2, 0) is 166 Å². The van der Waals surface area contributed by atoms with Gasteiger partial charge in [0.1, 0.15) is 117 Å². The first kappa shape index (κ1) is 108. The molecule has 7 heterocycles. The number of carbonyl (C=O) groups is 14. The molecule has 0 spiro atoms. The van der Waals surface area contributed by atoms with Gasteiger partial charge in [0, 0.05) is 84.9 Å². The van der Waals surface area contributed by atoms with E-state index in [9.17, 15) is 47.9 Å². The summed E-state index contributed by atoms with van der Waals surface area (Å²) in [5, 5.41) is 6.60. The Bertz CT molecular complexity index is 5190. The summed E-state index contributed by atoms with van der Waals surface area (Å²) in [6.45, 7) is 17.8. The van der Waals surface area contributed by atoms with E-state index in [1.165, 1.54) is 67.8 Å². The summed E-state index contributed by atoms with van der Waals surface area (Å²) in [7, 11) is -1.51. The van der Waals surface area contributed by atoms with E-state index in [0.717, 1.165) is 76.3 Å². The highest BCUT2D eigenvalue weighted by Gasteiger charge is 2.69. The molecule has 5 aromatic rings. The lowest BCUT2D eigenvalue weighted by Gasteiger charge is -2.58. The molecule has 0 aliphatic carbocycles. The number of benzene rings is 5. The molecule has 7 saturated heterocycles. The van der Waals surface area contributed by atoms with Gasteiger partial charge in [-0.1, -0.05) is 126 Å². The smallest absolute Gasteiger partial charge is 0.366 e. The number of nitrogens with one attached hydrogen (secondary N) is 3. The molecule has 12 rings (SSSR count). The molecule has 0 radical (unpaired) electrons. The number of carbonyl (C=O) groups excluding carboxylic acids is 14. The monoisotopic (exact) mass is 1990 g/mol. The lowest BCUT2D eigenvalue weighted by molar-refractivity contribution is -0.408. The number of amides is 3. The SMILES string of the molecule is COC(=O)[C@@]1(O[C@H]2[C@@H](O[C@@H]3O[C@H](COC(C)=O)[C@H](OC(C)=O)[C@H](OC(C)=O)[C@H]3NC(C)=O)[C@@H](COC(=O)c3ccccc3)O[C@@H](O[C@@H]3[C@@H](NC(C)=O)[C@H](O[C@H]4[C@H]5O[Si](C(C)(C)C)(C(C)(C)C)OC[C@H]5O[C@@H](Oc5ccc(OC)cc5)[C@@H]4OC(=O)c4ccccc4)O[C@@H]4CO[C@@H](c5ccccc5)O[C@@H]34)[C@@H]2OC(=O)c2ccccc2)C[C@H](OC(C)=O)[C@@H](NC(C)=O)[C@H]([C@H](OC(C)=O)[C@@H](COC(C)=O)OC(C)=O)O1. The number of ether oxygens (including phenoxy) is 24. The normalized spacial score (nSPS) is 29.9. The number of rotatable bonds is 34. The lowest BCUT2D eigenvalue weighted by atomic mass is 9.87. The molecule has 0 unspecified atom stereocenters. The van der Waals surface area contributed by atoms with Crippen LogP contribution >= 0.6 is 0 Å². The van der Waals surface area contributed by atoms with E-state index >= 15 is 19.2 Å². The molecule has 43 nitrogen and oxygen atoms in total. The number of hydrogen-bond donors (Lipinski definition) is 3. The van der Waals surface area contributed by atoms with Gasteiger partial charge in [0.15, 0.2) is 61.8 Å². The number of methoxy groups -OCH3 is 2. The zero-order valence-corrected chi connectivity index (χ0v) is 81.9. The summed E-state index contributed by atoms with van der Waals surface area (Å²) in [5.41, 5.74) is 0.0549. The summed E-state index contributed by atoms with van der Waals surface area (Å²) in [6, 6.07) is 31.3. The Hall–Kier alpha value is -12.0. The standard InChI is InChI=1S/C97H119N3O40Si/c1-49(101)98-71-65(122-54(6)106)43-97(94(114)116-18,138-81(71)76(125-57(9)109)66(123-55(7)107)44-117-52(4)104)139-83-77(135-90-72(99-50(2)102)79(126-58(10)110)74(124-56(8)108)67(128-90)45-118-53(5)105)68(46-119-86(111)59-31-23-19-24-32-59)130-93(85(83)133-88(113)61-35-27-21-28-36-61)136-80-73(100-51(3)103)91(129-69-47-120-89(134-75(69)80)62-37-29-22-30-38-62)137-82-78-70(48-121-141(140-78,95(11,12)13)96(14,15)16)131-92(127-64-41-39-63(115-17)40-42-64)84(82)132-87(112)60-33-25-20-26-34-60/h19-42,65-85,89-93H,43-48H2,1-18H3,(H,98,101)(H,99,102)(H,100,103)/t65-,66+,67+,68+,69+,70+,71+,72+,73+,74-,75+,76+,77-,78-,79+,80+,81+,82-,83-,84+,85+,89+,90-,91-,92+,93-,97-/m0/s1. The molecule has 3 amide bonds. The van der Waals surface area contributed by atoms with Crippen molar-refractivity contribution in [3.63, 3.8) is 0 Å². The maximum absolute atomic E-state index is 16.3. The summed E-state index contributed by atoms with van der Waals surface area (Å²) >= 11 is 0. The number of esters is 11. The van der Waals surface area contributed by atoms with Gasteiger partial charge in [-0.15, -0.1) is 0 Å². The zero-order chi connectivity index (χ0) is 102. The number of hydrogen-bond acceptors (Lipinski definition) is 40. The van der Waals surface area contributed by atoms with Gasteiger partial charge in [0.25, 0.3) is 5.79 Å². The van der Waals surface area contributed by atoms with E-state index in [2.05, 4.69) is 16.0 Å². The second-order valence-electron chi connectivity index (χ2n) is 36.3. The van der Waals surface area contributed by atoms with Crippen molar-refractivity contribution in [2.75, 3.05) is 47.3 Å². The van der Waals surface area contributed by atoms with E-state index in [-0.39, 0.29) is 29.0 Å². The molecular formula is C97H119N3O40Si. The van der Waals surface area contributed by atoms with Gasteiger partial charge in [0.2, 0.25) is 24.0 Å². The second kappa shape index (κ2) is 47.2. The summed E-state index contributed by atoms with van der Waals surface area (Å²) in [5.74, 6) is -18.3. The van der Waals surface area contributed by atoms with Gasteiger partial charge in [0.05, 0.1) is 56.6 Å². The van der Waals surface area contributed by atoms with Crippen LogP contribution in [0.3, 0.4) is 0 Å². The van der Waals surface area contributed by atoms with Gasteiger partial charge in [-0.3, -0.25) is 47.9 Å². The number of fused-ring (bicyclic) bond motifs is 2. The molecule has 5 aromatic carbocycles. The van der Waals surface area contributed by atoms with E-state index in [1.807, 2.05) is 41.5 Å². The van der Waals surface area contributed by atoms with Gasteiger partial charge >= 0.3 is 74.2 Å². The lowest BCUT2D eigenvalue weighted by Crippen LogP contribution is -2.75. The van der Waals surface area contributed by atoms with Gasteiger partial charge in [-0.2, -0.15) is 0 Å². The molecule has 0 saturated carbocycles. The largest absolute Gasteiger partial charge is 0.497 e. The molecule has 766 valence electrons. The Morgan fingerprint density at radius 1 is 0.426 bits per heavy atom. The highest BCUT2D eigenvalue weighted by molar-refractivity contribution is 6.73. The fourth-order valence-corrected chi connectivity index (χ4v) is 23.1. The molecule has 7 aliphatic rings. The maximum Gasteiger partial charge on any atom is 0.366 e. The summed E-state index contributed by atoms with van der Waals surface area (Å²) < 4.78 is 172.